The highest BCUT2D eigenvalue weighted by molar-refractivity contribution is 5.23. The van der Waals surface area contributed by atoms with E-state index in [-0.39, 0.29) is 11.0 Å². The number of fused-ring (bicyclic) bond motifs is 1. The Hall–Kier alpha value is -0.960. The summed E-state index contributed by atoms with van der Waals surface area (Å²) >= 11 is 0. The average Bonchev–Trinajstić information content (AvgIpc) is 2.33. The first-order chi connectivity index (χ1) is 9.15. The summed E-state index contributed by atoms with van der Waals surface area (Å²) in [4.78, 5) is 9.37. The molecule has 1 aromatic heterocycles. The van der Waals surface area contributed by atoms with Gasteiger partial charge in [0, 0.05) is 22.8 Å². The number of aromatic nitrogens is 2. The van der Waals surface area contributed by atoms with Gasteiger partial charge < -0.3 is 5.32 Å². The number of aryl methyl sites for hydroxylation is 1. The van der Waals surface area contributed by atoms with Crippen molar-refractivity contribution in [3.05, 3.63) is 23.3 Å². The van der Waals surface area contributed by atoms with Gasteiger partial charge in [0.2, 0.25) is 0 Å². The van der Waals surface area contributed by atoms with Crippen molar-refractivity contribution in [2.45, 2.75) is 71.8 Å². The van der Waals surface area contributed by atoms with Gasteiger partial charge in [-0.3, -0.25) is 0 Å². The van der Waals surface area contributed by atoms with Crippen molar-refractivity contribution in [1.82, 2.24) is 15.3 Å². The molecule has 0 bridgehead atoms. The lowest BCUT2D eigenvalue weighted by atomic mass is 9.86. The predicted molar refractivity (Wildman–Crippen MR) is 84.0 cm³/mol. The van der Waals surface area contributed by atoms with Crippen LogP contribution in [0.4, 0.5) is 0 Å². The molecular weight excluding hydrogens is 246 g/mol. The van der Waals surface area contributed by atoms with Crippen molar-refractivity contribution in [1.29, 1.82) is 0 Å². The van der Waals surface area contributed by atoms with Crippen LogP contribution in [0.15, 0.2) is 6.20 Å². The number of nitrogens with one attached hydrogen (secondary N) is 1. The Labute approximate surface area is 123 Å². The molecule has 0 aromatic carbocycles. The summed E-state index contributed by atoms with van der Waals surface area (Å²) in [6.07, 6.45) is 5.50. The van der Waals surface area contributed by atoms with Crippen molar-refractivity contribution in [2.75, 3.05) is 6.54 Å². The van der Waals surface area contributed by atoms with Gasteiger partial charge in [-0.25, -0.2) is 9.97 Å². The van der Waals surface area contributed by atoms with Gasteiger partial charge in [-0.15, -0.1) is 0 Å². The molecule has 112 valence electrons. The van der Waals surface area contributed by atoms with E-state index in [9.17, 15) is 0 Å². The van der Waals surface area contributed by atoms with Crippen LogP contribution in [0.3, 0.4) is 0 Å². The molecule has 0 saturated heterocycles. The minimum atomic E-state index is 0.0413. The molecule has 1 atom stereocenters. The van der Waals surface area contributed by atoms with Crippen LogP contribution in [0.1, 0.15) is 65.0 Å². The zero-order chi connectivity index (χ0) is 15.0. The predicted octanol–water partition coefficient (Wildman–Crippen LogP) is 3.27. The second kappa shape index (κ2) is 5.44. The Morgan fingerprint density at radius 3 is 2.50 bits per heavy atom. The normalized spacial score (nSPS) is 19.8. The van der Waals surface area contributed by atoms with E-state index < -0.39 is 0 Å². The average molecular weight is 275 g/mol. The first kappa shape index (κ1) is 15.4. The second-order valence-electron chi connectivity index (χ2n) is 8.16. The molecule has 1 N–H and O–H groups in total. The quantitative estimate of drug-likeness (QED) is 0.900. The molecule has 1 aromatic rings. The Bertz CT molecular complexity index is 466. The first-order valence-corrected chi connectivity index (χ1v) is 7.75. The highest BCUT2D eigenvalue weighted by atomic mass is 14.9. The molecular formula is C17H29N3. The van der Waals surface area contributed by atoms with E-state index in [0.29, 0.717) is 5.92 Å². The summed E-state index contributed by atoms with van der Waals surface area (Å²) in [5.74, 6) is 1.69. The third-order valence-corrected chi connectivity index (χ3v) is 3.84. The van der Waals surface area contributed by atoms with Crippen molar-refractivity contribution in [3.8, 4) is 0 Å². The van der Waals surface area contributed by atoms with E-state index in [0.717, 1.165) is 25.2 Å². The van der Waals surface area contributed by atoms with E-state index in [4.69, 9.17) is 4.98 Å². The molecule has 0 radical (unpaired) electrons. The Morgan fingerprint density at radius 2 is 1.90 bits per heavy atom. The summed E-state index contributed by atoms with van der Waals surface area (Å²) in [6.45, 7) is 14.3. The SMILES string of the molecule is CC(C)(C)NCC1CCc2nc(C(C)(C)C)ncc2C1. The molecule has 3 nitrogen and oxygen atoms in total. The summed E-state index contributed by atoms with van der Waals surface area (Å²) < 4.78 is 0. The standard InChI is InChI=1S/C17H29N3/c1-16(2,3)15-18-11-13-9-12(7-8-14(13)20-15)10-19-17(4,5)6/h11-12,19H,7-10H2,1-6H3. The van der Waals surface area contributed by atoms with Crippen molar-refractivity contribution in [3.63, 3.8) is 0 Å². The molecule has 0 spiro atoms. The van der Waals surface area contributed by atoms with Crippen molar-refractivity contribution < 1.29 is 0 Å². The topological polar surface area (TPSA) is 37.8 Å². The van der Waals surface area contributed by atoms with Gasteiger partial charge in [-0.1, -0.05) is 20.8 Å². The molecule has 0 saturated carbocycles. The number of hydrogen-bond donors (Lipinski definition) is 1. The monoisotopic (exact) mass is 275 g/mol. The molecule has 0 fully saturated rings. The van der Waals surface area contributed by atoms with Crippen LogP contribution in [0.5, 0.6) is 0 Å². The zero-order valence-electron chi connectivity index (χ0n) is 13.9. The fourth-order valence-electron chi connectivity index (χ4n) is 2.57. The lowest BCUT2D eigenvalue weighted by Gasteiger charge is -2.29. The maximum Gasteiger partial charge on any atom is 0.133 e. The Morgan fingerprint density at radius 1 is 1.20 bits per heavy atom. The molecule has 1 heterocycles. The summed E-state index contributed by atoms with van der Waals surface area (Å²) in [5, 5.41) is 3.62. The highest BCUT2D eigenvalue weighted by Gasteiger charge is 2.24. The Kier molecular flexibility index (Phi) is 4.19. The highest BCUT2D eigenvalue weighted by Crippen LogP contribution is 2.26. The smallest absolute Gasteiger partial charge is 0.133 e. The van der Waals surface area contributed by atoms with E-state index in [1.807, 2.05) is 0 Å². The van der Waals surface area contributed by atoms with Gasteiger partial charge in [-0.05, 0) is 58.1 Å². The van der Waals surface area contributed by atoms with Crippen LogP contribution in [0.2, 0.25) is 0 Å². The molecule has 0 amide bonds. The third kappa shape index (κ3) is 4.02. The van der Waals surface area contributed by atoms with Crippen LogP contribution in [-0.2, 0) is 18.3 Å². The Balaban J connectivity index is 2.05. The minimum Gasteiger partial charge on any atom is -0.312 e. The first-order valence-electron chi connectivity index (χ1n) is 7.75. The van der Waals surface area contributed by atoms with E-state index in [1.54, 1.807) is 0 Å². The van der Waals surface area contributed by atoms with Crippen molar-refractivity contribution >= 4 is 0 Å². The molecule has 1 unspecified atom stereocenters. The van der Waals surface area contributed by atoms with Gasteiger partial charge in [-0.2, -0.15) is 0 Å². The molecule has 2 rings (SSSR count). The van der Waals surface area contributed by atoms with Crippen molar-refractivity contribution in [2.24, 2.45) is 5.92 Å². The summed E-state index contributed by atoms with van der Waals surface area (Å²) in [6, 6.07) is 0. The molecule has 1 aliphatic rings. The number of rotatable bonds is 2. The van der Waals surface area contributed by atoms with Crippen LogP contribution < -0.4 is 5.32 Å². The van der Waals surface area contributed by atoms with Gasteiger partial charge in [0.15, 0.2) is 0 Å². The van der Waals surface area contributed by atoms with Crippen LogP contribution in [0, 0.1) is 5.92 Å². The minimum absolute atomic E-state index is 0.0413. The fourth-order valence-corrected chi connectivity index (χ4v) is 2.57. The van der Waals surface area contributed by atoms with E-state index >= 15 is 0 Å². The van der Waals surface area contributed by atoms with Gasteiger partial charge in [0.1, 0.15) is 5.82 Å². The summed E-state index contributed by atoms with van der Waals surface area (Å²) in [5.41, 5.74) is 2.87. The maximum absolute atomic E-state index is 4.80. The largest absolute Gasteiger partial charge is 0.312 e. The van der Waals surface area contributed by atoms with Crippen LogP contribution >= 0.6 is 0 Å². The van der Waals surface area contributed by atoms with Crippen LogP contribution in [0.25, 0.3) is 0 Å². The molecule has 20 heavy (non-hydrogen) atoms. The third-order valence-electron chi connectivity index (χ3n) is 3.84. The molecule has 3 heteroatoms. The lowest BCUT2D eigenvalue weighted by Crippen LogP contribution is -2.40. The number of nitrogens with zero attached hydrogens (tertiary/aromatic N) is 2. The maximum atomic E-state index is 4.80. The summed E-state index contributed by atoms with van der Waals surface area (Å²) in [7, 11) is 0. The molecule has 0 aliphatic heterocycles. The van der Waals surface area contributed by atoms with Crippen LogP contribution in [-0.4, -0.2) is 22.1 Å². The number of hydrogen-bond acceptors (Lipinski definition) is 3. The lowest BCUT2D eigenvalue weighted by molar-refractivity contribution is 0.346. The zero-order valence-corrected chi connectivity index (χ0v) is 13.9. The van der Waals surface area contributed by atoms with Gasteiger partial charge >= 0.3 is 0 Å². The second-order valence-corrected chi connectivity index (χ2v) is 8.16. The van der Waals surface area contributed by atoms with Gasteiger partial charge in [0.25, 0.3) is 0 Å². The molecule has 1 aliphatic carbocycles. The van der Waals surface area contributed by atoms with E-state index in [1.165, 1.54) is 17.7 Å². The van der Waals surface area contributed by atoms with Gasteiger partial charge in [0.05, 0.1) is 0 Å². The fraction of sp³-hybridized carbons (Fsp3) is 0.765. The van der Waals surface area contributed by atoms with E-state index in [2.05, 4.69) is 58.0 Å².